The summed E-state index contributed by atoms with van der Waals surface area (Å²) in [6.07, 6.45) is 5.42. The predicted octanol–water partition coefficient (Wildman–Crippen LogP) is 4.88. The normalized spacial score (nSPS) is 29.0. The summed E-state index contributed by atoms with van der Waals surface area (Å²) < 4.78 is 11.8. The second-order valence-electron chi connectivity index (χ2n) is 9.56. The number of amides is 1. The summed E-state index contributed by atoms with van der Waals surface area (Å²) in [6.45, 7) is 3.77. The van der Waals surface area contributed by atoms with Gasteiger partial charge < -0.3 is 14.8 Å². The van der Waals surface area contributed by atoms with Crippen LogP contribution in [0.15, 0.2) is 42.5 Å². The standard InChI is InChI=1S/C26H30N2O3/c29-26(31-25-16-28-12-9-20(25)10-13-28)27-23-11-14-30-24-15-21(7-8-22(23)24)19-5-3-18(4-6-19)17-1-2-17/h3-8,15,17,20,23,25H,1-2,9-14,16H2,(H,27,29)/t23?,25-/m0/s1. The summed E-state index contributed by atoms with van der Waals surface area (Å²) in [4.78, 5) is 15.1. The zero-order valence-corrected chi connectivity index (χ0v) is 17.9. The Labute approximate surface area is 183 Å². The average molecular weight is 419 g/mol. The molecule has 0 radical (unpaired) electrons. The average Bonchev–Trinajstić information content (AvgIpc) is 3.65. The number of rotatable bonds is 4. The third-order valence-electron chi connectivity index (χ3n) is 7.49. The van der Waals surface area contributed by atoms with Crippen molar-refractivity contribution in [1.82, 2.24) is 10.2 Å². The number of alkyl carbamates (subject to hydrolysis) is 1. The molecule has 0 spiro atoms. The molecule has 2 atom stereocenters. The molecular weight excluding hydrogens is 388 g/mol. The van der Waals surface area contributed by atoms with Gasteiger partial charge in [-0.1, -0.05) is 36.4 Å². The minimum atomic E-state index is -0.295. The SMILES string of the molecule is O=C(NC1CCOc2cc(-c3ccc(C4CC4)cc3)ccc21)O[C@H]1CN2CCC1CC2. The van der Waals surface area contributed by atoms with E-state index in [2.05, 4.69) is 52.7 Å². The van der Waals surface area contributed by atoms with Crippen molar-refractivity contribution in [2.24, 2.45) is 5.92 Å². The van der Waals surface area contributed by atoms with Gasteiger partial charge in [0.2, 0.25) is 0 Å². The highest BCUT2D eigenvalue weighted by Gasteiger charge is 2.37. The van der Waals surface area contributed by atoms with E-state index in [-0.39, 0.29) is 18.2 Å². The quantitative estimate of drug-likeness (QED) is 0.769. The second kappa shape index (κ2) is 7.86. The van der Waals surface area contributed by atoms with Gasteiger partial charge in [-0.15, -0.1) is 0 Å². The second-order valence-corrected chi connectivity index (χ2v) is 9.56. The summed E-state index contributed by atoms with van der Waals surface area (Å²) in [5.74, 6) is 2.16. The van der Waals surface area contributed by atoms with E-state index in [9.17, 15) is 4.79 Å². The smallest absolute Gasteiger partial charge is 0.407 e. The van der Waals surface area contributed by atoms with Gasteiger partial charge in [0.1, 0.15) is 11.9 Å². The zero-order valence-electron chi connectivity index (χ0n) is 17.9. The van der Waals surface area contributed by atoms with E-state index in [0.717, 1.165) is 61.7 Å². The van der Waals surface area contributed by atoms with Crippen LogP contribution in [0.4, 0.5) is 4.79 Å². The first-order valence-electron chi connectivity index (χ1n) is 11.8. The number of benzene rings is 2. The molecule has 7 rings (SSSR count). The number of ether oxygens (including phenoxy) is 2. The van der Waals surface area contributed by atoms with Gasteiger partial charge in [-0.3, -0.25) is 4.90 Å². The van der Waals surface area contributed by atoms with Gasteiger partial charge in [0.15, 0.2) is 0 Å². The lowest BCUT2D eigenvalue weighted by molar-refractivity contribution is -0.0342. The minimum Gasteiger partial charge on any atom is -0.493 e. The molecule has 0 aromatic heterocycles. The Morgan fingerprint density at radius 3 is 2.45 bits per heavy atom. The number of carbonyl (C=O) groups excluding carboxylic acids is 1. The van der Waals surface area contributed by atoms with E-state index >= 15 is 0 Å². The lowest BCUT2D eigenvalue weighted by Gasteiger charge is -2.44. The van der Waals surface area contributed by atoms with Gasteiger partial charge in [-0.05, 0) is 73.4 Å². The predicted molar refractivity (Wildman–Crippen MR) is 119 cm³/mol. The van der Waals surface area contributed by atoms with Gasteiger partial charge in [-0.2, -0.15) is 0 Å². The lowest BCUT2D eigenvalue weighted by atomic mass is 9.86. The van der Waals surface area contributed by atoms with Gasteiger partial charge in [0, 0.05) is 18.5 Å². The van der Waals surface area contributed by atoms with Crippen LogP contribution in [0.3, 0.4) is 0 Å². The van der Waals surface area contributed by atoms with Gasteiger partial charge in [0.25, 0.3) is 0 Å². The molecule has 4 fully saturated rings. The first-order chi connectivity index (χ1) is 15.2. The monoisotopic (exact) mass is 418 g/mol. The fourth-order valence-electron chi connectivity index (χ4n) is 5.44. The van der Waals surface area contributed by atoms with E-state index in [1.807, 2.05) is 0 Å². The molecule has 2 aromatic rings. The van der Waals surface area contributed by atoms with Crippen molar-refractivity contribution in [2.75, 3.05) is 26.2 Å². The molecule has 4 aliphatic heterocycles. The van der Waals surface area contributed by atoms with Crippen LogP contribution in [0.5, 0.6) is 5.75 Å². The Kier molecular flexibility index (Phi) is 4.87. The summed E-state index contributed by atoms with van der Waals surface area (Å²) in [6, 6.07) is 15.2. The Balaban J connectivity index is 1.14. The molecule has 162 valence electrons. The molecular formula is C26H30N2O3. The molecule has 31 heavy (non-hydrogen) atoms. The van der Waals surface area contributed by atoms with E-state index < -0.39 is 0 Å². The highest BCUT2D eigenvalue weighted by molar-refractivity contribution is 5.70. The molecule has 5 nitrogen and oxygen atoms in total. The number of piperidine rings is 3. The molecule has 1 amide bonds. The molecule has 1 aliphatic carbocycles. The largest absolute Gasteiger partial charge is 0.493 e. The van der Waals surface area contributed by atoms with Crippen LogP contribution in [0.2, 0.25) is 0 Å². The highest BCUT2D eigenvalue weighted by atomic mass is 16.6. The number of nitrogens with one attached hydrogen (secondary N) is 1. The number of nitrogens with zero attached hydrogens (tertiary/aromatic N) is 1. The van der Waals surface area contributed by atoms with Crippen LogP contribution in [0.1, 0.15) is 55.2 Å². The fourth-order valence-corrected chi connectivity index (χ4v) is 5.44. The van der Waals surface area contributed by atoms with Crippen LogP contribution >= 0.6 is 0 Å². The summed E-state index contributed by atoms with van der Waals surface area (Å²) in [7, 11) is 0. The first-order valence-corrected chi connectivity index (χ1v) is 11.8. The molecule has 2 aromatic carbocycles. The Morgan fingerprint density at radius 1 is 0.968 bits per heavy atom. The number of carbonyl (C=O) groups is 1. The van der Waals surface area contributed by atoms with Crippen molar-refractivity contribution in [2.45, 2.75) is 50.2 Å². The molecule has 1 N–H and O–H groups in total. The third kappa shape index (κ3) is 3.91. The Morgan fingerprint density at radius 2 is 1.74 bits per heavy atom. The van der Waals surface area contributed by atoms with Crippen molar-refractivity contribution in [3.05, 3.63) is 53.6 Å². The summed E-state index contributed by atoms with van der Waals surface area (Å²) >= 11 is 0. The molecule has 4 heterocycles. The zero-order chi connectivity index (χ0) is 20.8. The van der Waals surface area contributed by atoms with E-state index in [1.54, 1.807) is 0 Å². The molecule has 3 saturated heterocycles. The number of fused-ring (bicyclic) bond motifs is 4. The van der Waals surface area contributed by atoms with Crippen molar-refractivity contribution in [1.29, 1.82) is 0 Å². The van der Waals surface area contributed by atoms with Crippen LogP contribution in [0.25, 0.3) is 11.1 Å². The Bertz CT molecular complexity index is 961. The maximum atomic E-state index is 12.7. The molecule has 5 heteroatoms. The Hall–Kier alpha value is -2.53. The van der Waals surface area contributed by atoms with E-state index in [4.69, 9.17) is 9.47 Å². The molecule has 5 aliphatic rings. The van der Waals surface area contributed by atoms with Crippen molar-refractivity contribution in [3.8, 4) is 16.9 Å². The fraction of sp³-hybridized carbons (Fsp3) is 0.500. The molecule has 1 saturated carbocycles. The van der Waals surface area contributed by atoms with E-state index in [1.165, 1.54) is 24.0 Å². The van der Waals surface area contributed by atoms with Gasteiger partial charge >= 0.3 is 6.09 Å². The van der Waals surface area contributed by atoms with Gasteiger partial charge in [-0.25, -0.2) is 4.79 Å². The van der Waals surface area contributed by atoms with E-state index in [0.29, 0.717) is 12.5 Å². The van der Waals surface area contributed by atoms with Crippen LogP contribution < -0.4 is 10.1 Å². The maximum absolute atomic E-state index is 12.7. The number of hydrogen-bond donors (Lipinski definition) is 1. The van der Waals surface area contributed by atoms with Crippen molar-refractivity contribution < 1.29 is 14.3 Å². The lowest BCUT2D eigenvalue weighted by Crippen LogP contribution is -2.52. The van der Waals surface area contributed by atoms with Crippen LogP contribution in [-0.2, 0) is 4.74 Å². The molecule has 2 bridgehead atoms. The van der Waals surface area contributed by atoms with Gasteiger partial charge in [0.05, 0.1) is 12.6 Å². The topological polar surface area (TPSA) is 50.8 Å². The summed E-state index contributed by atoms with van der Waals surface area (Å²) in [5, 5.41) is 3.11. The molecule has 1 unspecified atom stereocenters. The third-order valence-corrected chi connectivity index (χ3v) is 7.49. The highest BCUT2D eigenvalue weighted by Crippen LogP contribution is 2.41. The summed E-state index contributed by atoms with van der Waals surface area (Å²) in [5.41, 5.74) is 4.84. The number of hydrogen-bond acceptors (Lipinski definition) is 4. The van der Waals surface area contributed by atoms with Crippen LogP contribution in [0, 0.1) is 5.92 Å². The van der Waals surface area contributed by atoms with Crippen molar-refractivity contribution in [3.63, 3.8) is 0 Å². The minimum absolute atomic E-state index is 0.0304. The van der Waals surface area contributed by atoms with Crippen molar-refractivity contribution >= 4 is 6.09 Å². The van der Waals surface area contributed by atoms with Crippen LogP contribution in [-0.4, -0.2) is 43.3 Å². The maximum Gasteiger partial charge on any atom is 0.407 e. The first kappa shape index (κ1) is 19.2.